The van der Waals surface area contributed by atoms with Crippen molar-refractivity contribution in [3.05, 3.63) is 24.4 Å². The van der Waals surface area contributed by atoms with E-state index in [0.29, 0.717) is 27.7 Å². The molecule has 1 atom stereocenters. The van der Waals surface area contributed by atoms with Crippen molar-refractivity contribution < 1.29 is 9.13 Å². The maximum absolute atomic E-state index is 14.3. The first-order valence-corrected chi connectivity index (χ1v) is 9.03. The number of aromatic nitrogens is 4. The van der Waals surface area contributed by atoms with Gasteiger partial charge in [-0.3, -0.25) is 0 Å². The van der Waals surface area contributed by atoms with E-state index >= 15 is 0 Å². The second-order valence-electron chi connectivity index (χ2n) is 6.03. The topological polar surface area (TPSA) is 102 Å². The number of hydrogen-bond donors (Lipinski definition) is 2. The minimum atomic E-state index is -0.449. The monoisotopic (exact) mass is 375 g/mol. The maximum Gasteiger partial charge on any atom is 0.186 e. The third kappa shape index (κ3) is 3.25. The summed E-state index contributed by atoms with van der Waals surface area (Å²) in [4.78, 5) is 18.8. The molecule has 136 valence electrons. The van der Waals surface area contributed by atoms with Crippen LogP contribution >= 0.6 is 11.3 Å². The van der Waals surface area contributed by atoms with Gasteiger partial charge >= 0.3 is 0 Å². The SMILES string of the molecule is CO[C@H]1CCCN(c2nc3c(F)cnc(Nc4cc(N)ncn4)c3s2)C1. The van der Waals surface area contributed by atoms with E-state index in [1.807, 2.05) is 0 Å². The molecule has 1 saturated heterocycles. The molecule has 0 unspecified atom stereocenters. The van der Waals surface area contributed by atoms with Crippen LogP contribution in [-0.2, 0) is 4.74 Å². The molecule has 0 radical (unpaired) electrons. The van der Waals surface area contributed by atoms with Gasteiger partial charge in [-0.25, -0.2) is 24.3 Å². The minimum Gasteiger partial charge on any atom is -0.384 e. The third-order valence-electron chi connectivity index (χ3n) is 4.28. The zero-order chi connectivity index (χ0) is 18.1. The number of nitrogens with zero attached hydrogens (tertiary/aromatic N) is 5. The molecule has 0 aromatic carbocycles. The van der Waals surface area contributed by atoms with Crippen LogP contribution in [0, 0.1) is 5.82 Å². The number of pyridine rings is 1. The van der Waals surface area contributed by atoms with Crippen molar-refractivity contribution in [3.63, 3.8) is 0 Å². The summed E-state index contributed by atoms with van der Waals surface area (Å²) in [6, 6.07) is 1.59. The highest BCUT2D eigenvalue weighted by molar-refractivity contribution is 7.22. The van der Waals surface area contributed by atoms with Gasteiger partial charge in [-0.15, -0.1) is 0 Å². The van der Waals surface area contributed by atoms with Gasteiger partial charge in [0.15, 0.2) is 16.8 Å². The number of rotatable bonds is 4. The Labute approximate surface area is 153 Å². The largest absolute Gasteiger partial charge is 0.384 e. The van der Waals surface area contributed by atoms with Gasteiger partial charge in [-0.2, -0.15) is 0 Å². The molecule has 0 bridgehead atoms. The number of ether oxygens (including phenoxy) is 1. The van der Waals surface area contributed by atoms with Crippen LogP contribution in [0.4, 0.5) is 27.0 Å². The smallest absolute Gasteiger partial charge is 0.186 e. The first kappa shape index (κ1) is 16.9. The van der Waals surface area contributed by atoms with Crippen LogP contribution in [0.5, 0.6) is 0 Å². The number of piperidine rings is 1. The zero-order valence-electron chi connectivity index (χ0n) is 14.1. The molecule has 3 aromatic rings. The van der Waals surface area contributed by atoms with E-state index in [-0.39, 0.29) is 6.10 Å². The van der Waals surface area contributed by atoms with E-state index in [4.69, 9.17) is 10.5 Å². The number of nitrogens with one attached hydrogen (secondary N) is 1. The fourth-order valence-corrected chi connectivity index (χ4v) is 4.02. The summed E-state index contributed by atoms with van der Waals surface area (Å²) < 4.78 is 20.4. The number of thiazole rings is 1. The molecular weight excluding hydrogens is 357 g/mol. The molecule has 1 fully saturated rings. The Morgan fingerprint density at radius 1 is 1.38 bits per heavy atom. The first-order valence-electron chi connectivity index (χ1n) is 8.21. The van der Waals surface area contributed by atoms with Gasteiger partial charge in [-0.1, -0.05) is 11.3 Å². The van der Waals surface area contributed by atoms with Crippen LogP contribution in [0.2, 0.25) is 0 Å². The fraction of sp³-hybridized carbons (Fsp3) is 0.375. The van der Waals surface area contributed by atoms with Crippen LogP contribution in [0.1, 0.15) is 12.8 Å². The molecule has 1 aliphatic rings. The quantitative estimate of drug-likeness (QED) is 0.717. The van der Waals surface area contributed by atoms with E-state index in [1.165, 1.54) is 17.7 Å². The molecule has 1 aliphatic heterocycles. The summed E-state index contributed by atoms with van der Waals surface area (Å²) in [7, 11) is 1.71. The van der Waals surface area contributed by atoms with Crippen molar-refractivity contribution in [2.75, 3.05) is 36.1 Å². The minimum absolute atomic E-state index is 0.167. The molecular formula is C16H18FN7OS. The van der Waals surface area contributed by atoms with Gasteiger partial charge in [0, 0.05) is 26.3 Å². The highest BCUT2D eigenvalue weighted by Crippen LogP contribution is 2.36. The van der Waals surface area contributed by atoms with Crippen LogP contribution < -0.4 is 16.0 Å². The number of anilines is 4. The van der Waals surface area contributed by atoms with Gasteiger partial charge < -0.3 is 20.7 Å². The fourth-order valence-electron chi connectivity index (χ4n) is 2.96. The molecule has 0 amide bonds. The lowest BCUT2D eigenvalue weighted by atomic mass is 10.1. The van der Waals surface area contributed by atoms with Crippen LogP contribution in [-0.4, -0.2) is 46.2 Å². The summed E-state index contributed by atoms with van der Waals surface area (Å²) >= 11 is 1.40. The average molecular weight is 375 g/mol. The molecule has 26 heavy (non-hydrogen) atoms. The Balaban J connectivity index is 1.69. The standard InChI is InChI=1S/C16H18FN7OS/c1-25-9-3-2-4-24(7-9)16-23-13-10(17)6-19-15(14(13)26-16)22-12-5-11(18)20-8-21-12/h5-6,8-9H,2-4,7H2,1H3,(H3,18,19,20,21,22)/t9-/m0/s1. The predicted octanol–water partition coefficient (Wildman–Crippen LogP) is 2.56. The first-order chi connectivity index (χ1) is 12.6. The van der Waals surface area contributed by atoms with Crippen LogP contribution in [0.3, 0.4) is 0 Å². The van der Waals surface area contributed by atoms with Crippen LogP contribution in [0.15, 0.2) is 18.6 Å². The zero-order valence-corrected chi connectivity index (χ0v) is 15.0. The maximum atomic E-state index is 14.3. The number of nitrogens with two attached hydrogens (primary N) is 1. The molecule has 3 aromatic heterocycles. The van der Waals surface area contributed by atoms with E-state index in [9.17, 15) is 4.39 Å². The van der Waals surface area contributed by atoms with E-state index in [0.717, 1.165) is 37.3 Å². The van der Waals surface area contributed by atoms with Gasteiger partial charge in [0.2, 0.25) is 0 Å². The van der Waals surface area contributed by atoms with Gasteiger partial charge in [0.05, 0.1) is 12.3 Å². The number of methoxy groups -OCH3 is 1. The summed E-state index contributed by atoms with van der Waals surface area (Å²) in [6.07, 6.45) is 4.72. The highest BCUT2D eigenvalue weighted by atomic mass is 32.1. The molecule has 0 saturated carbocycles. The molecule has 0 aliphatic carbocycles. The molecule has 3 N–H and O–H groups in total. The Kier molecular flexibility index (Phi) is 4.51. The Hall–Kier alpha value is -2.59. The molecule has 4 heterocycles. The summed E-state index contributed by atoms with van der Waals surface area (Å²) in [5.74, 6) is 0.870. The number of halogens is 1. The van der Waals surface area contributed by atoms with Crippen LogP contribution in [0.25, 0.3) is 10.2 Å². The van der Waals surface area contributed by atoms with E-state index in [2.05, 4.69) is 30.2 Å². The number of fused-ring (bicyclic) bond motifs is 1. The summed E-state index contributed by atoms with van der Waals surface area (Å²) in [5, 5.41) is 3.83. The summed E-state index contributed by atoms with van der Waals surface area (Å²) in [5.41, 5.74) is 5.97. The molecule has 10 heteroatoms. The Morgan fingerprint density at radius 2 is 2.27 bits per heavy atom. The van der Waals surface area contributed by atoms with Gasteiger partial charge in [0.1, 0.15) is 28.2 Å². The van der Waals surface area contributed by atoms with Crippen molar-refractivity contribution >= 4 is 44.1 Å². The Morgan fingerprint density at radius 3 is 3.08 bits per heavy atom. The number of nitrogen functional groups attached to an aromatic ring is 1. The lowest BCUT2D eigenvalue weighted by molar-refractivity contribution is 0.0893. The molecule has 8 nitrogen and oxygen atoms in total. The van der Waals surface area contributed by atoms with Gasteiger partial charge in [0.25, 0.3) is 0 Å². The average Bonchev–Trinajstić information content (AvgIpc) is 3.11. The highest BCUT2D eigenvalue weighted by Gasteiger charge is 2.24. The van der Waals surface area contributed by atoms with Crippen molar-refractivity contribution in [1.82, 2.24) is 19.9 Å². The number of hydrogen-bond acceptors (Lipinski definition) is 9. The molecule has 0 spiro atoms. The molecule has 4 rings (SSSR count). The van der Waals surface area contributed by atoms with Crippen molar-refractivity contribution in [2.24, 2.45) is 0 Å². The van der Waals surface area contributed by atoms with Crippen molar-refractivity contribution in [1.29, 1.82) is 0 Å². The van der Waals surface area contributed by atoms with Crippen molar-refractivity contribution in [3.8, 4) is 0 Å². The summed E-state index contributed by atoms with van der Waals surface area (Å²) in [6.45, 7) is 1.62. The Bertz CT molecular complexity index is 934. The van der Waals surface area contributed by atoms with E-state index < -0.39 is 5.82 Å². The lowest BCUT2D eigenvalue weighted by Crippen LogP contribution is -2.39. The second-order valence-corrected chi connectivity index (χ2v) is 7.01. The van der Waals surface area contributed by atoms with Gasteiger partial charge in [-0.05, 0) is 12.8 Å². The van der Waals surface area contributed by atoms with E-state index in [1.54, 1.807) is 13.2 Å². The third-order valence-corrected chi connectivity index (χ3v) is 5.40. The van der Waals surface area contributed by atoms with Crippen molar-refractivity contribution in [2.45, 2.75) is 18.9 Å². The normalized spacial score (nSPS) is 17.6. The lowest BCUT2D eigenvalue weighted by Gasteiger charge is -2.31. The predicted molar refractivity (Wildman–Crippen MR) is 99.3 cm³/mol. The second kappa shape index (κ2) is 6.96.